The van der Waals surface area contributed by atoms with Crippen molar-refractivity contribution in [2.75, 3.05) is 58.3 Å². The summed E-state index contributed by atoms with van der Waals surface area (Å²) in [5, 5.41) is 23.0. The molecule has 0 bridgehead atoms. The number of ether oxygens (including phenoxy) is 5. The van der Waals surface area contributed by atoms with Crippen molar-refractivity contribution in [3.05, 3.63) is 119 Å². The number of aliphatic hydroxyl groups is 2. The molecule has 4 aromatic rings. The van der Waals surface area contributed by atoms with E-state index in [2.05, 4.69) is 11.9 Å². The summed E-state index contributed by atoms with van der Waals surface area (Å²) in [5.41, 5.74) is 11.2. The van der Waals surface area contributed by atoms with Gasteiger partial charge in [0.1, 0.15) is 6.61 Å². The number of aliphatic hydroxyl groups excluding tert-OH is 2. The second-order valence-electron chi connectivity index (χ2n) is 13.7. The zero-order valence-electron chi connectivity index (χ0n) is 32.1. The highest BCUT2D eigenvalue weighted by Crippen LogP contribution is 2.37. The predicted octanol–water partition coefficient (Wildman–Crippen LogP) is 4.99. The van der Waals surface area contributed by atoms with Crippen molar-refractivity contribution in [2.45, 2.75) is 44.4 Å². The Balaban J connectivity index is 1.14. The number of anilines is 2. The molecule has 4 aromatic carbocycles. The van der Waals surface area contributed by atoms with Gasteiger partial charge in [-0.05, 0) is 47.2 Å². The van der Waals surface area contributed by atoms with Crippen LogP contribution in [0.4, 0.5) is 16.2 Å². The van der Waals surface area contributed by atoms with Crippen LogP contribution in [-0.2, 0) is 30.7 Å². The minimum atomic E-state index is -0.799. The van der Waals surface area contributed by atoms with E-state index in [1.807, 2.05) is 48.5 Å². The summed E-state index contributed by atoms with van der Waals surface area (Å²) in [6, 6.07) is 20.8. The molecule has 300 valence electrons. The Labute approximate surface area is 331 Å². The minimum Gasteiger partial charge on any atom is -0.493 e. The van der Waals surface area contributed by atoms with Gasteiger partial charge in [-0.1, -0.05) is 61.2 Å². The molecule has 14 nitrogen and oxygen atoms in total. The number of nitrogens with two attached hydrogens (primary N) is 1. The average Bonchev–Trinajstić information content (AvgIpc) is 3.24. The van der Waals surface area contributed by atoms with Crippen LogP contribution in [0.3, 0.4) is 0 Å². The van der Waals surface area contributed by atoms with E-state index in [1.165, 1.54) is 32.4 Å². The molecule has 3 amide bonds. The number of rotatable bonds is 15. The number of benzene rings is 4. The third-order valence-electron chi connectivity index (χ3n) is 10.1. The predicted molar refractivity (Wildman–Crippen MR) is 213 cm³/mol. The molecule has 0 fully saturated rings. The van der Waals surface area contributed by atoms with Crippen molar-refractivity contribution in [1.29, 1.82) is 0 Å². The number of nitrogen functional groups attached to an aromatic ring is 1. The lowest BCUT2D eigenvalue weighted by molar-refractivity contribution is 0.0540. The van der Waals surface area contributed by atoms with E-state index in [-0.39, 0.29) is 79.5 Å². The van der Waals surface area contributed by atoms with Gasteiger partial charge in [-0.15, -0.1) is 0 Å². The molecule has 6 rings (SSSR count). The van der Waals surface area contributed by atoms with Crippen LogP contribution in [0.1, 0.15) is 49.4 Å². The van der Waals surface area contributed by atoms with Gasteiger partial charge in [0.25, 0.3) is 11.8 Å². The van der Waals surface area contributed by atoms with E-state index < -0.39 is 24.1 Å². The molecule has 0 aliphatic carbocycles. The summed E-state index contributed by atoms with van der Waals surface area (Å²) in [6.07, 6.45) is 2.02. The third kappa shape index (κ3) is 9.08. The SMILES string of the molecule is C=CCOC(=O)Nc1cc(OCCCOc2cc(N)c(C(=O)N3Cc4ccccc4C[C@@H]3CO)cc2OC)c(OC)cc1C(=O)N1Cc2ccccc2C[C@H]1CO. The summed E-state index contributed by atoms with van der Waals surface area (Å²) in [7, 11) is 2.91. The first-order valence-corrected chi connectivity index (χ1v) is 18.7. The number of methoxy groups -OCH3 is 2. The number of nitrogens with one attached hydrogen (secondary N) is 1. The molecule has 2 aliphatic rings. The van der Waals surface area contributed by atoms with Gasteiger partial charge in [-0.2, -0.15) is 0 Å². The van der Waals surface area contributed by atoms with Crippen molar-refractivity contribution < 1.29 is 48.3 Å². The summed E-state index contributed by atoms with van der Waals surface area (Å²) >= 11 is 0. The van der Waals surface area contributed by atoms with Crippen LogP contribution < -0.4 is 30.0 Å². The molecule has 2 aliphatic heterocycles. The third-order valence-corrected chi connectivity index (χ3v) is 10.1. The van der Waals surface area contributed by atoms with Gasteiger partial charge >= 0.3 is 6.09 Å². The number of fused-ring (bicyclic) bond motifs is 2. The van der Waals surface area contributed by atoms with Crippen LogP contribution in [0.25, 0.3) is 0 Å². The maximum atomic E-state index is 14.1. The molecule has 2 heterocycles. The smallest absolute Gasteiger partial charge is 0.411 e. The van der Waals surface area contributed by atoms with Crippen molar-refractivity contribution >= 4 is 29.3 Å². The number of amides is 3. The van der Waals surface area contributed by atoms with Gasteiger partial charge in [0.15, 0.2) is 23.0 Å². The van der Waals surface area contributed by atoms with Gasteiger partial charge in [0, 0.05) is 37.3 Å². The topological polar surface area (TPSA) is 182 Å². The van der Waals surface area contributed by atoms with Crippen molar-refractivity contribution in [3.8, 4) is 23.0 Å². The molecule has 14 heteroatoms. The van der Waals surface area contributed by atoms with Crippen molar-refractivity contribution in [1.82, 2.24) is 9.80 Å². The maximum Gasteiger partial charge on any atom is 0.411 e. The Bertz CT molecular complexity index is 2110. The Morgan fingerprint density at radius 1 is 0.754 bits per heavy atom. The van der Waals surface area contributed by atoms with E-state index in [4.69, 9.17) is 29.4 Å². The second kappa shape index (κ2) is 18.6. The quantitative estimate of drug-likeness (QED) is 0.0725. The molecule has 0 aromatic heterocycles. The van der Waals surface area contributed by atoms with E-state index >= 15 is 0 Å². The monoisotopic (exact) mass is 780 g/mol. The molecule has 0 radical (unpaired) electrons. The van der Waals surface area contributed by atoms with Crippen molar-refractivity contribution in [2.24, 2.45) is 0 Å². The fraction of sp³-hybridized carbons (Fsp3) is 0.326. The standard InChI is InChI=1S/C43H48N4O10/c1-4-14-57-43(52)45-36-22-40(38(54-3)20-34(36)42(51)47-24-30-13-8-6-11-28(30)18-32(47)26-49)56-16-9-15-55-39-21-35(44)33(19-37(39)53-2)41(50)46-23-29-12-7-5-10-27(29)17-31(46)25-48/h4-8,10-13,19-22,31-32,48-49H,1,9,14-18,23-26,44H2,2-3H3,(H,45,52)/t31-,32+/m1/s1. The summed E-state index contributed by atoms with van der Waals surface area (Å²) < 4.78 is 28.4. The Hall–Kier alpha value is -6.25. The molecular weight excluding hydrogens is 732 g/mol. The maximum absolute atomic E-state index is 14.1. The largest absolute Gasteiger partial charge is 0.493 e. The van der Waals surface area contributed by atoms with E-state index in [0.717, 1.165) is 22.3 Å². The second-order valence-corrected chi connectivity index (χ2v) is 13.7. The van der Waals surface area contributed by atoms with Gasteiger partial charge in [-0.3, -0.25) is 14.9 Å². The molecule has 0 saturated carbocycles. The first-order chi connectivity index (χ1) is 27.7. The lowest BCUT2D eigenvalue weighted by Crippen LogP contribution is -2.46. The fourth-order valence-corrected chi connectivity index (χ4v) is 7.14. The van der Waals surface area contributed by atoms with Crippen LogP contribution in [0.5, 0.6) is 23.0 Å². The summed E-state index contributed by atoms with van der Waals surface area (Å²) in [4.78, 5) is 43.8. The van der Waals surface area contributed by atoms with Crippen molar-refractivity contribution in [3.63, 3.8) is 0 Å². The first kappa shape index (κ1) is 40.4. The van der Waals surface area contributed by atoms with E-state index in [0.29, 0.717) is 37.3 Å². The zero-order valence-corrected chi connectivity index (χ0v) is 32.1. The molecular formula is C43H48N4O10. The molecule has 0 saturated heterocycles. The average molecular weight is 781 g/mol. The molecule has 0 unspecified atom stereocenters. The van der Waals surface area contributed by atoms with E-state index in [9.17, 15) is 24.6 Å². The van der Waals surface area contributed by atoms with Gasteiger partial charge in [-0.25, -0.2) is 4.79 Å². The Morgan fingerprint density at radius 2 is 1.25 bits per heavy atom. The van der Waals surface area contributed by atoms with E-state index in [1.54, 1.807) is 21.9 Å². The summed E-state index contributed by atoms with van der Waals surface area (Å²) in [5.74, 6) is 0.405. The molecule has 0 spiro atoms. The number of nitrogens with zero attached hydrogens (tertiary/aromatic N) is 2. The Morgan fingerprint density at radius 3 is 1.75 bits per heavy atom. The number of hydrogen-bond acceptors (Lipinski definition) is 11. The Kier molecular flexibility index (Phi) is 13.2. The van der Waals surface area contributed by atoms with Gasteiger partial charge in [0.2, 0.25) is 0 Å². The van der Waals surface area contributed by atoms with Crippen LogP contribution in [0.15, 0.2) is 85.5 Å². The number of carbonyl (C=O) groups excluding carboxylic acids is 3. The highest BCUT2D eigenvalue weighted by atomic mass is 16.5. The fourth-order valence-electron chi connectivity index (χ4n) is 7.14. The lowest BCUT2D eigenvalue weighted by Gasteiger charge is -2.36. The number of carbonyl (C=O) groups is 3. The number of hydrogen-bond donors (Lipinski definition) is 4. The van der Waals surface area contributed by atoms with Gasteiger partial charge < -0.3 is 49.4 Å². The minimum absolute atomic E-state index is 0.0444. The van der Waals surface area contributed by atoms with Gasteiger partial charge in [0.05, 0.1) is 69.5 Å². The highest BCUT2D eigenvalue weighted by molar-refractivity contribution is 6.04. The van der Waals surface area contributed by atoms with Crippen LogP contribution in [-0.4, -0.2) is 97.3 Å². The molecule has 57 heavy (non-hydrogen) atoms. The summed E-state index contributed by atoms with van der Waals surface area (Å²) in [6.45, 7) is 4.03. The lowest BCUT2D eigenvalue weighted by atomic mass is 9.93. The van der Waals surface area contributed by atoms with Crippen LogP contribution in [0.2, 0.25) is 0 Å². The normalized spacial score (nSPS) is 15.8. The molecule has 5 N–H and O–H groups in total. The van der Waals surface area contributed by atoms with Crippen LogP contribution in [0, 0.1) is 0 Å². The highest BCUT2D eigenvalue weighted by Gasteiger charge is 2.33. The zero-order chi connectivity index (χ0) is 40.5. The van der Waals surface area contributed by atoms with Crippen LogP contribution >= 0.6 is 0 Å². The first-order valence-electron chi connectivity index (χ1n) is 18.7. The molecule has 2 atom stereocenters.